The molecule has 1 atom stereocenters. The summed E-state index contributed by atoms with van der Waals surface area (Å²) in [5, 5.41) is 5.40. The largest absolute Gasteiger partial charge is 0.338 e. The third kappa shape index (κ3) is 4.84. The van der Waals surface area contributed by atoms with Crippen LogP contribution in [-0.4, -0.2) is 68.8 Å². The molecule has 2 aromatic heterocycles. The van der Waals surface area contributed by atoms with Gasteiger partial charge in [0.1, 0.15) is 5.39 Å². The first kappa shape index (κ1) is 22.8. The summed E-state index contributed by atoms with van der Waals surface area (Å²) in [7, 11) is -3.10. The molecule has 9 nitrogen and oxygen atoms in total. The molecule has 1 aliphatic rings. The highest BCUT2D eigenvalue weighted by atomic mass is 35.5. The molecule has 32 heavy (non-hydrogen) atoms. The molecule has 1 fully saturated rings. The zero-order valence-corrected chi connectivity index (χ0v) is 19.7. The number of sulfone groups is 1. The minimum atomic E-state index is -3.10. The van der Waals surface area contributed by atoms with Gasteiger partial charge in [-0.25, -0.2) is 18.1 Å². The second-order valence-corrected chi connectivity index (χ2v) is 11.2. The molecule has 1 saturated heterocycles. The number of halogens is 1. The molecular formula is C20H22ClN5O4S2. The van der Waals surface area contributed by atoms with Crippen molar-refractivity contribution in [2.24, 2.45) is 0 Å². The molecule has 0 saturated carbocycles. The van der Waals surface area contributed by atoms with E-state index in [0.717, 1.165) is 18.2 Å². The van der Waals surface area contributed by atoms with Crippen molar-refractivity contribution in [3.05, 3.63) is 45.8 Å². The zero-order valence-electron chi connectivity index (χ0n) is 17.3. The Morgan fingerprint density at radius 3 is 2.91 bits per heavy atom. The van der Waals surface area contributed by atoms with Gasteiger partial charge in [-0.05, 0) is 31.0 Å². The Labute approximate surface area is 194 Å². The lowest BCUT2D eigenvalue weighted by Crippen LogP contribution is -2.42. The second kappa shape index (κ2) is 9.24. The van der Waals surface area contributed by atoms with Crippen LogP contribution in [0, 0.1) is 0 Å². The number of fused-ring (bicyclic) bond motifs is 1. The summed E-state index contributed by atoms with van der Waals surface area (Å²) in [4.78, 5) is 34.2. The van der Waals surface area contributed by atoms with Crippen molar-refractivity contribution in [1.82, 2.24) is 24.6 Å². The van der Waals surface area contributed by atoms with Crippen LogP contribution in [0.4, 0.5) is 0 Å². The lowest BCUT2D eigenvalue weighted by atomic mass is 10.2. The van der Waals surface area contributed by atoms with Gasteiger partial charge in [0.2, 0.25) is 5.91 Å². The van der Waals surface area contributed by atoms with Crippen molar-refractivity contribution >= 4 is 50.1 Å². The highest BCUT2D eigenvalue weighted by Crippen LogP contribution is 2.22. The highest BCUT2D eigenvalue weighted by Gasteiger charge is 2.34. The molecule has 12 heteroatoms. The van der Waals surface area contributed by atoms with Crippen LogP contribution in [-0.2, 0) is 14.6 Å². The Balaban J connectivity index is 1.55. The maximum Gasteiger partial charge on any atom is 0.262 e. The summed E-state index contributed by atoms with van der Waals surface area (Å²) in [5.74, 6) is -0.0262. The average molecular weight is 496 g/mol. The predicted octanol–water partition coefficient (Wildman–Crippen LogP) is 2.28. The van der Waals surface area contributed by atoms with E-state index in [0.29, 0.717) is 34.7 Å². The molecule has 0 radical (unpaired) electrons. The van der Waals surface area contributed by atoms with Crippen molar-refractivity contribution in [3.63, 3.8) is 0 Å². The number of nitrogens with zero attached hydrogens (tertiary/aromatic N) is 4. The molecule has 0 bridgehead atoms. The standard InChI is InChI=1S/C20H22ClN5O4S2/c1-2-7-25(15-6-8-32(29,30)12-15)17(27)11-31-20-23-18-16(19(28)24-20)10-22-26(18)14-5-3-4-13(21)9-14/h3-5,9-10,15H,2,6-8,11-12H2,1H3,(H,23,24,28). The first-order valence-corrected chi connectivity index (χ1v) is 13.3. The van der Waals surface area contributed by atoms with Gasteiger partial charge in [-0.1, -0.05) is 36.4 Å². The first-order chi connectivity index (χ1) is 15.3. The molecule has 1 amide bonds. The van der Waals surface area contributed by atoms with Crippen LogP contribution in [0.5, 0.6) is 0 Å². The van der Waals surface area contributed by atoms with Crippen LogP contribution >= 0.6 is 23.4 Å². The third-order valence-corrected chi connectivity index (χ3v) is 8.08. The van der Waals surface area contributed by atoms with E-state index in [1.165, 1.54) is 10.9 Å². The average Bonchev–Trinajstić information content (AvgIpc) is 3.33. The molecule has 1 aliphatic heterocycles. The van der Waals surface area contributed by atoms with Crippen LogP contribution in [0.1, 0.15) is 19.8 Å². The molecule has 3 aromatic rings. The van der Waals surface area contributed by atoms with E-state index in [2.05, 4.69) is 15.1 Å². The fourth-order valence-corrected chi connectivity index (χ4v) is 6.41. The number of carbonyl (C=O) groups excluding carboxylic acids is 1. The van der Waals surface area contributed by atoms with E-state index < -0.39 is 9.84 Å². The van der Waals surface area contributed by atoms with Crippen molar-refractivity contribution in [3.8, 4) is 5.69 Å². The quantitative estimate of drug-likeness (QED) is 0.394. The summed E-state index contributed by atoms with van der Waals surface area (Å²) in [6.07, 6.45) is 2.62. The van der Waals surface area contributed by atoms with Gasteiger partial charge in [-0.3, -0.25) is 9.59 Å². The number of thioether (sulfide) groups is 1. The van der Waals surface area contributed by atoms with Gasteiger partial charge in [0.15, 0.2) is 20.6 Å². The third-order valence-electron chi connectivity index (χ3n) is 5.24. The highest BCUT2D eigenvalue weighted by molar-refractivity contribution is 7.99. The summed E-state index contributed by atoms with van der Waals surface area (Å²) in [6, 6.07) is 6.73. The number of amides is 1. The molecule has 170 valence electrons. The molecule has 4 rings (SSSR count). The number of carbonyl (C=O) groups is 1. The predicted molar refractivity (Wildman–Crippen MR) is 124 cm³/mol. The molecule has 0 aliphatic carbocycles. The van der Waals surface area contributed by atoms with E-state index in [1.54, 1.807) is 29.2 Å². The molecular weight excluding hydrogens is 474 g/mol. The Morgan fingerprint density at radius 2 is 2.22 bits per heavy atom. The van der Waals surface area contributed by atoms with Crippen molar-refractivity contribution in [1.29, 1.82) is 0 Å². The zero-order chi connectivity index (χ0) is 22.9. The van der Waals surface area contributed by atoms with Gasteiger partial charge in [-0.15, -0.1) is 0 Å². The smallest absolute Gasteiger partial charge is 0.262 e. The number of hydrogen-bond acceptors (Lipinski definition) is 7. The normalized spacial score (nSPS) is 17.6. The molecule has 1 N–H and O–H groups in total. The van der Waals surface area contributed by atoms with Gasteiger partial charge in [0.25, 0.3) is 5.56 Å². The number of aromatic amines is 1. The van der Waals surface area contributed by atoms with Crippen LogP contribution in [0.25, 0.3) is 16.7 Å². The van der Waals surface area contributed by atoms with E-state index in [1.807, 2.05) is 6.92 Å². The van der Waals surface area contributed by atoms with Crippen LogP contribution in [0.3, 0.4) is 0 Å². The Bertz CT molecular complexity index is 1320. The summed E-state index contributed by atoms with van der Waals surface area (Å²) in [6.45, 7) is 2.44. The van der Waals surface area contributed by atoms with Gasteiger partial charge < -0.3 is 9.88 Å². The fourth-order valence-electron chi connectivity index (χ4n) is 3.75. The van der Waals surface area contributed by atoms with E-state index >= 15 is 0 Å². The number of hydrogen-bond donors (Lipinski definition) is 1. The van der Waals surface area contributed by atoms with Crippen LogP contribution < -0.4 is 5.56 Å². The Hall–Kier alpha value is -2.37. The second-order valence-electron chi connectivity index (χ2n) is 7.58. The maximum atomic E-state index is 12.9. The summed E-state index contributed by atoms with van der Waals surface area (Å²) >= 11 is 7.18. The summed E-state index contributed by atoms with van der Waals surface area (Å²) in [5.41, 5.74) is 0.665. The Kier molecular flexibility index (Phi) is 6.59. The lowest BCUT2D eigenvalue weighted by Gasteiger charge is -2.27. The van der Waals surface area contributed by atoms with Gasteiger partial charge >= 0.3 is 0 Å². The number of aromatic nitrogens is 4. The molecule has 1 unspecified atom stereocenters. The first-order valence-electron chi connectivity index (χ1n) is 10.1. The van der Waals surface area contributed by atoms with Crippen LogP contribution in [0.2, 0.25) is 5.02 Å². The SMILES string of the molecule is CCCN(C(=O)CSc1nc2c(cnn2-c2cccc(Cl)c2)c(=O)[nH]1)C1CCS(=O)(=O)C1. The minimum absolute atomic E-state index is 0.00324. The van der Waals surface area contributed by atoms with E-state index in [-0.39, 0.29) is 39.9 Å². The fraction of sp³-hybridized carbons (Fsp3) is 0.400. The lowest BCUT2D eigenvalue weighted by molar-refractivity contribution is -0.130. The van der Waals surface area contributed by atoms with Crippen molar-refractivity contribution in [2.45, 2.75) is 31.0 Å². The molecule has 0 spiro atoms. The number of H-pyrrole nitrogens is 1. The number of benzene rings is 1. The van der Waals surface area contributed by atoms with Crippen molar-refractivity contribution < 1.29 is 13.2 Å². The number of nitrogens with one attached hydrogen (secondary N) is 1. The minimum Gasteiger partial charge on any atom is -0.338 e. The monoisotopic (exact) mass is 495 g/mol. The van der Waals surface area contributed by atoms with Gasteiger partial charge in [0.05, 0.1) is 29.1 Å². The summed E-state index contributed by atoms with van der Waals surface area (Å²) < 4.78 is 25.2. The van der Waals surface area contributed by atoms with Crippen LogP contribution in [0.15, 0.2) is 40.4 Å². The number of rotatable bonds is 7. The van der Waals surface area contributed by atoms with E-state index in [4.69, 9.17) is 11.6 Å². The topological polar surface area (TPSA) is 118 Å². The van der Waals surface area contributed by atoms with Gasteiger partial charge in [0, 0.05) is 17.6 Å². The Morgan fingerprint density at radius 1 is 1.41 bits per heavy atom. The maximum absolute atomic E-state index is 12.9. The van der Waals surface area contributed by atoms with Gasteiger partial charge in [-0.2, -0.15) is 5.10 Å². The molecule has 3 heterocycles. The van der Waals surface area contributed by atoms with Crippen molar-refractivity contribution in [2.75, 3.05) is 23.8 Å². The van der Waals surface area contributed by atoms with E-state index in [9.17, 15) is 18.0 Å². The molecule has 1 aromatic carbocycles.